The standard InChI is InChI=1S/C12H18N2S/c1-9-7-11(3-4-12(9)13)14-5-6-15-8-10(14)2/h3-4,7,10H,5-6,8,13H2,1-2H3. The van der Waals surface area contributed by atoms with E-state index in [4.69, 9.17) is 5.73 Å². The molecule has 1 saturated heterocycles. The lowest BCUT2D eigenvalue weighted by Gasteiger charge is -2.35. The highest BCUT2D eigenvalue weighted by Gasteiger charge is 2.18. The predicted molar refractivity (Wildman–Crippen MR) is 69.7 cm³/mol. The van der Waals surface area contributed by atoms with Gasteiger partial charge in [-0.25, -0.2) is 0 Å². The van der Waals surface area contributed by atoms with E-state index in [9.17, 15) is 0 Å². The highest BCUT2D eigenvalue weighted by Crippen LogP contribution is 2.26. The number of anilines is 2. The first-order valence-electron chi connectivity index (χ1n) is 5.39. The highest BCUT2D eigenvalue weighted by atomic mass is 32.2. The van der Waals surface area contributed by atoms with Crippen LogP contribution in [0.4, 0.5) is 11.4 Å². The van der Waals surface area contributed by atoms with Crippen LogP contribution in [0.25, 0.3) is 0 Å². The van der Waals surface area contributed by atoms with Crippen molar-refractivity contribution < 1.29 is 0 Å². The fraction of sp³-hybridized carbons (Fsp3) is 0.500. The molecule has 82 valence electrons. The summed E-state index contributed by atoms with van der Waals surface area (Å²) in [6.45, 7) is 5.51. The van der Waals surface area contributed by atoms with Crippen molar-refractivity contribution in [2.45, 2.75) is 19.9 Å². The molecular formula is C12H18N2S. The second-order valence-electron chi connectivity index (χ2n) is 4.16. The molecule has 1 unspecified atom stereocenters. The smallest absolute Gasteiger partial charge is 0.0373 e. The third kappa shape index (κ3) is 2.23. The van der Waals surface area contributed by atoms with Gasteiger partial charge in [0.15, 0.2) is 0 Å². The van der Waals surface area contributed by atoms with Crippen molar-refractivity contribution in [3.63, 3.8) is 0 Å². The minimum Gasteiger partial charge on any atom is -0.399 e. The minimum absolute atomic E-state index is 0.631. The fourth-order valence-electron chi connectivity index (χ4n) is 1.95. The summed E-state index contributed by atoms with van der Waals surface area (Å²) < 4.78 is 0. The molecule has 1 atom stereocenters. The average Bonchev–Trinajstić information content (AvgIpc) is 2.23. The van der Waals surface area contributed by atoms with Crippen LogP contribution < -0.4 is 10.6 Å². The number of nitrogen functional groups attached to an aromatic ring is 1. The fourth-order valence-corrected chi connectivity index (χ4v) is 2.96. The van der Waals surface area contributed by atoms with E-state index in [0.29, 0.717) is 6.04 Å². The van der Waals surface area contributed by atoms with E-state index >= 15 is 0 Å². The van der Waals surface area contributed by atoms with Crippen LogP contribution in [-0.4, -0.2) is 24.1 Å². The Morgan fingerprint density at radius 3 is 2.93 bits per heavy atom. The van der Waals surface area contributed by atoms with Crippen molar-refractivity contribution in [3.05, 3.63) is 23.8 Å². The Balaban J connectivity index is 2.24. The molecular weight excluding hydrogens is 204 g/mol. The SMILES string of the molecule is Cc1cc(N2CCSCC2C)ccc1N. The topological polar surface area (TPSA) is 29.3 Å². The predicted octanol–water partition coefficient (Wildman–Crippen LogP) is 2.52. The van der Waals surface area contributed by atoms with Crippen molar-refractivity contribution in [1.29, 1.82) is 0 Å². The lowest BCUT2D eigenvalue weighted by Crippen LogP contribution is -2.40. The number of aryl methyl sites for hydroxylation is 1. The molecule has 1 aliphatic heterocycles. The molecule has 0 radical (unpaired) electrons. The first-order valence-corrected chi connectivity index (χ1v) is 6.54. The molecule has 0 aromatic heterocycles. The van der Waals surface area contributed by atoms with E-state index in [1.54, 1.807) is 0 Å². The number of hydrogen-bond donors (Lipinski definition) is 1. The normalized spacial score (nSPS) is 21.7. The Hall–Kier alpha value is -0.830. The van der Waals surface area contributed by atoms with Crippen molar-refractivity contribution in [1.82, 2.24) is 0 Å². The lowest BCUT2D eigenvalue weighted by atomic mass is 10.1. The molecule has 2 rings (SSSR count). The van der Waals surface area contributed by atoms with Gasteiger partial charge >= 0.3 is 0 Å². The number of benzene rings is 1. The number of nitrogens with zero attached hydrogens (tertiary/aromatic N) is 1. The quantitative estimate of drug-likeness (QED) is 0.740. The molecule has 1 heterocycles. The summed E-state index contributed by atoms with van der Waals surface area (Å²) in [4.78, 5) is 2.48. The number of rotatable bonds is 1. The van der Waals surface area contributed by atoms with Crippen molar-refractivity contribution >= 4 is 23.1 Å². The maximum atomic E-state index is 5.83. The van der Waals surface area contributed by atoms with Gasteiger partial charge in [-0.05, 0) is 37.6 Å². The molecule has 2 N–H and O–H groups in total. The van der Waals surface area contributed by atoms with Gasteiger partial charge in [-0.2, -0.15) is 11.8 Å². The van der Waals surface area contributed by atoms with E-state index in [-0.39, 0.29) is 0 Å². The van der Waals surface area contributed by atoms with Crippen molar-refractivity contribution in [2.75, 3.05) is 28.7 Å². The summed E-state index contributed by atoms with van der Waals surface area (Å²) in [6.07, 6.45) is 0. The molecule has 0 aliphatic carbocycles. The third-order valence-corrected chi connectivity index (χ3v) is 4.14. The Morgan fingerprint density at radius 1 is 1.47 bits per heavy atom. The summed E-state index contributed by atoms with van der Waals surface area (Å²) in [5.41, 5.74) is 9.21. The van der Waals surface area contributed by atoms with Crippen LogP contribution in [0, 0.1) is 6.92 Å². The number of hydrogen-bond acceptors (Lipinski definition) is 3. The Kier molecular flexibility index (Phi) is 3.10. The van der Waals surface area contributed by atoms with E-state index in [1.165, 1.54) is 22.8 Å². The molecule has 1 aliphatic rings. The van der Waals surface area contributed by atoms with Gasteiger partial charge in [0.2, 0.25) is 0 Å². The zero-order valence-electron chi connectivity index (χ0n) is 9.36. The number of nitrogens with two attached hydrogens (primary N) is 1. The van der Waals surface area contributed by atoms with Gasteiger partial charge in [-0.1, -0.05) is 0 Å². The molecule has 2 nitrogen and oxygen atoms in total. The van der Waals surface area contributed by atoms with Gasteiger partial charge in [0.25, 0.3) is 0 Å². The first-order chi connectivity index (χ1) is 7.18. The molecule has 3 heteroatoms. The molecule has 1 aromatic rings. The molecule has 0 saturated carbocycles. The maximum Gasteiger partial charge on any atom is 0.0373 e. The van der Waals surface area contributed by atoms with E-state index in [0.717, 1.165) is 12.2 Å². The van der Waals surface area contributed by atoms with Gasteiger partial charge in [0, 0.05) is 35.5 Å². The third-order valence-electron chi connectivity index (χ3n) is 2.95. The monoisotopic (exact) mass is 222 g/mol. The van der Waals surface area contributed by atoms with Crippen LogP contribution in [0.15, 0.2) is 18.2 Å². The second-order valence-corrected chi connectivity index (χ2v) is 5.31. The summed E-state index contributed by atoms with van der Waals surface area (Å²) in [6, 6.07) is 6.97. The summed E-state index contributed by atoms with van der Waals surface area (Å²) in [5.74, 6) is 2.46. The van der Waals surface area contributed by atoms with Crippen LogP contribution in [0.2, 0.25) is 0 Å². The summed E-state index contributed by atoms with van der Waals surface area (Å²) in [7, 11) is 0. The zero-order valence-corrected chi connectivity index (χ0v) is 10.2. The molecule has 1 aromatic carbocycles. The average molecular weight is 222 g/mol. The van der Waals surface area contributed by atoms with E-state index in [1.807, 2.05) is 17.8 Å². The maximum absolute atomic E-state index is 5.83. The van der Waals surface area contributed by atoms with Gasteiger partial charge < -0.3 is 10.6 Å². The zero-order chi connectivity index (χ0) is 10.8. The van der Waals surface area contributed by atoms with Crippen LogP contribution >= 0.6 is 11.8 Å². The molecule has 0 bridgehead atoms. The highest BCUT2D eigenvalue weighted by molar-refractivity contribution is 7.99. The van der Waals surface area contributed by atoms with Crippen molar-refractivity contribution in [2.24, 2.45) is 0 Å². The van der Waals surface area contributed by atoms with Gasteiger partial charge in [0.1, 0.15) is 0 Å². The number of thioether (sulfide) groups is 1. The molecule has 0 spiro atoms. The molecule has 1 fully saturated rings. The van der Waals surface area contributed by atoms with Crippen molar-refractivity contribution in [3.8, 4) is 0 Å². The van der Waals surface area contributed by atoms with Crippen LogP contribution in [0.3, 0.4) is 0 Å². The minimum atomic E-state index is 0.631. The summed E-state index contributed by atoms with van der Waals surface area (Å²) in [5, 5.41) is 0. The van der Waals surface area contributed by atoms with Gasteiger partial charge in [-0.3, -0.25) is 0 Å². The summed E-state index contributed by atoms with van der Waals surface area (Å²) >= 11 is 2.04. The van der Waals surface area contributed by atoms with Crippen LogP contribution in [-0.2, 0) is 0 Å². The van der Waals surface area contributed by atoms with Gasteiger partial charge in [-0.15, -0.1) is 0 Å². The Labute approximate surface area is 95.8 Å². The van der Waals surface area contributed by atoms with Gasteiger partial charge in [0.05, 0.1) is 0 Å². The Morgan fingerprint density at radius 2 is 2.27 bits per heavy atom. The van der Waals surface area contributed by atoms with Crippen LogP contribution in [0.5, 0.6) is 0 Å². The Bertz CT molecular complexity index is 351. The molecule has 0 amide bonds. The first kappa shape index (κ1) is 10.7. The largest absolute Gasteiger partial charge is 0.399 e. The van der Waals surface area contributed by atoms with Crippen LogP contribution in [0.1, 0.15) is 12.5 Å². The van der Waals surface area contributed by atoms with E-state index < -0.39 is 0 Å². The lowest BCUT2D eigenvalue weighted by molar-refractivity contribution is 0.700. The molecule has 15 heavy (non-hydrogen) atoms. The van der Waals surface area contributed by atoms with E-state index in [2.05, 4.69) is 30.9 Å². The second kappa shape index (κ2) is 4.35.